The molecule has 1 unspecified atom stereocenters. The number of halogens is 1. The number of amides is 1. The van der Waals surface area contributed by atoms with E-state index in [1.165, 1.54) is 0 Å². The number of hydrogen-bond acceptors (Lipinski definition) is 2. The maximum Gasteiger partial charge on any atom is 0.303 e. The van der Waals surface area contributed by atoms with Gasteiger partial charge in [0.15, 0.2) is 0 Å². The number of benzene rings is 1. The van der Waals surface area contributed by atoms with E-state index in [0.717, 1.165) is 5.56 Å². The van der Waals surface area contributed by atoms with Gasteiger partial charge in [0.2, 0.25) is 5.91 Å². The highest BCUT2D eigenvalue weighted by molar-refractivity contribution is 6.30. The average Bonchev–Trinajstić information content (AvgIpc) is 2.35. The lowest BCUT2D eigenvalue weighted by Crippen LogP contribution is -2.37. The SMILES string of the molecule is CC(C)(C)C(CNC(=O)Cc1ccc(Cl)cc1)CC(=O)O. The maximum absolute atomic E-state index is 11.9. The zero-order chi connectivity index (χ0) is 16.0. The molecule has 2 N–H and O–H groups in total. The number of carboxylic acid groups (broad SMARTS) is 1. The minimum Gasteiger partial charge on any atom is -0.481 e. The number of rotatable bonds is 6. The van der Waals surface area contributed by atoms with Crippen LogP contribution in [0.4, 0.5) is 0 Å². The molecule has 1 aromatic rings. The largest absolute Gasteiger partial charge is 0.481 e. The molecule has 0 radical (unpaired) electrons. The first-order chi connectivity index (χ1) is 9.68. The third kappa shape index (κ3) is 6.63. The van der Waals surface area contributed by atoms with Gasteiger partial charge in [-0.3, -0.25) is 9.59 Å². The molecule has 0 aliphatic carbocycles. The summed E-state index contributed by atoms with van der Waals surface area (Å²) in [7, 11) is 0. The molecule has 0 aliphatic heterocycles. The second-order valence-electron chi connectivity index (χ2n) is 6.27. The average molecular weight is 312 g/mol. The Labute approximate surface area is 130 Å². The summed E-state index contributed by atoms with van der Waals surface area (Å²) in [5, 5.41) is 12.4. The fraction of sp³-hybridized carbons (Fsp3) is 0.500. The summed E-state index contributed by atoms with van der Waals surface area (Å²) in [5.74, 6) is -1.07. The first-order valence-corrected chi connectivity index (χ1v) is 7.29. The van der Waals surface area contributed by atoms with E-state index in [1.807, 2.05) is 20.8 Å². The number of aliphatic carboxylic acids is 1. The van der Waals surface area contributed by atoms with Crippen molar-refractivity contribution < 1.29 is 14.7 Å². The van der Waals surface area contributed by atoms with Gasteiger partial charge in [-0.05, 0) is 29.0 Å². The van der Waals surface area contributed by atoms with Gasteiger partial charge in [-0.2, -0.15) is 0 Å². The van der Waals surface area contributed by atoms with Gasteiger partial charge in [-0.15, -0.1) is 0 Å². The van der Waals surface area contributed by atoms with E-state index in [2.05, 4.69) is 5.32 Å². The first kappa shape index (κ1) is 17.5. The molecule has 4 nitrogen and oxygen atoms in total. The van der Waals surface area contributed by atoms with E-state index in [4.69, 9.17) is 16.7 Å². The molecule has 1 amide bonds. The fourth-order valence-electron chi connectivity index (χ4n) is 1.98. The van der Waals surface area contributed by atoms with E-state index >= 15 is 0 Å². The van der Waals surface area contributed by atoms with Gasteiger partial charge in [0.05, 0.1) is 12.8 Å². The Hall–Kier alpha value is -1.55. The molecule has 116 valence electrons. The Morgan fingerprint density at radius 3 is 2.29 bits per heavy atom. The molecule has 0 bridgehead atoms. The van der Waals surface area contributed by atoms with Crippen molar-refractivity contribution in [3.05, 3.63) is 34.9 Å². The van der Waals surface area contributed by atoms with Gasteiger partial charge in [0.25, 0.3) is 0 Å². The third-order valence-electron chi connectivity index (χ3n) is 3.47. The van der Waals surface area contributed by atoms with Crippen molar-refractivity contribution in [3.8, 4) is 0 Å². The van der Waals surface area contributed by atoms with Gasteiger partial charge in [0, 0.05) is 11.6 Å². The molecular weight excluding hydrogens is 290 g/mol. The molecule has 1 aromatic carbocycles. The number of carboxylic acids is 1. The highest BCUT2D eigenvalue weighted by Crippen LogP contribution is 2.28. The normalized spacial score (nSPS) is 12.8. The van der Waals surface area contributed by atoms with E-state index < -0.39 is 5.97 Å². The second-order valence-corrected chi connectivity index (χ2v) is 6.70. The van der Waals surface area contributed by atoms with Crippen molar-refractivity contribution in [2.75, 3.05) is 6.54 Å². The minimum atomic E-state index is -0.845. The molecule has 0 heterocycles. The second kappa shape index (κ2) is 7.46. The molecule has 21 heavy (non-hydrogen) atoms. The maximum atomic E-state index is 11.9. The summed E-state index contributed by atoms with van der Waals surface area (Å²) >= 11 is 5.79. The van der Waals surface area contributed by atoms with Crippen LogP contribution in [-0.2, 0) is 16.0 Å². The van der Waals surface area contributed by atoms with Crippen LogP contribution in [0.3, 0.4) is 0 Å². The molecule has 0 aromatic heterocycles. The minimum absolute atomic E-state index is 0.0464. The topological polar surface area (TPSA) is 66.4 Å². The third-order valence-corrected chi connectivity index (χ3v) is 3.72. The number of carbonyl (C=O) groups excluding carboxylic acids is 1. The van der Waals surface area contributed by atoms with Crippen molar-refractivity contribution in [2.24, 2.45) is 11.3 Å². The lowest BCUT2D eigenvalue weighted by atomic mass is 9.78. The smallest absolute Gasteiger partial charge is 0.303 e. The van der Waals surface area contributed by atoms with Gasteiger partial charge in [-0.1, -0.05) is 44.5 Å². The highest BCUT2D eigenvalue weighted by atomic mass is 35.5. The quantitative estimate of drug-likeness (QED) is 0.848. The predicted octanol–water partition coefficient (Wildman–Crippen LogP) is 3.14. The summed E-state index contributed by atoms with van der Waals surface area (Å²) in [6.45, 7) is 6.30. The fourth-order valence-corrected chi connectivity index (χ4v) is 2.11. The van der Waals surface area contributed by atoms with Crippen LogP contribution >= 0.6 is 11.6 Å². The van der Waals surface area contributed by atoms with E-state index in [-0.39, 0.29) is 30.1 Å². The molecule has 1 rings (SSSR count). The van der Waals surface area contributed by atoms with Crippen molar-refractivity contribution in [1.82, 2.24) is 5.32 Å². The molecule has 0 saturated heterocycles. The van der Waals surface area contributed by atoms with Crippen LogP contribution in [0.5, 0.6) is 0 Å². The molecule has 5 heteroatoms. The Bertz CT molecular complexity index is 491. The highest BCUT2D eigenvalue weighted by Gasteiger charge is 2.27. The number of hydrogen-bond donors (Lipinski definition) is 2. The van der Waals surface area contributed by atoms with Crippen LogP contribution in [0.15, 0.2) is 24.3 Å². The monoisotopic (exact) mass is 311 g/mol. The van der Waals surface area contributed by atoms with Crippen LogP contribution in [-0.4, -0.2) is 23.5 Å². The Morgan fingerprint density at radius 2 is 1.81 bits per heavy atom. The molecule has 0 fully saturated rings. The van der Waals surface area contributed by atoms with Crippen LogP contribution in [0, 0.1) is 11.3 Å². The molecular formula is C16H22ClNO3. The summed E-state index contributed by atoms with van der Waals surface area (Å²) in [4.78, 5) is 22.8. The molecule has 1 atom stereocenters. The van der Waals surface area contributed by atoms with Crippen LogP contribution in [0.25, 0.3) is 0 Å². The number of nitrogens with one attached hydrogen (secondary N) is 1. The number of carbonyl (C=O) groups is 2. The molecule has 0 aliphatic rings. The lowest BCUT2D eigenvalue weighted by Gasteiger charge is -2.29. The first-order valence-electron chi connectivity index (χ1n) is 6.91. The summed E-state index contributed by atoms with van der Waals surface area (Å²) < 4.78 is 0. The van der Waals surface area contributed by atoms with E-state index in [9.17, 15) is 9.59 Å². The van der Waals surface area contributed by atoms with Crippen molar-refractivity contribution >= 4 is 23.5 Å². The van der Waals surface area contributed by atoms with Gasteiger partial charge in [-0.25, -0.2) is 0 Å². The Kier molecular flexibility index (Phi) is 6.21. The zero-order valence-corrected chi connectivity index (χ0v) is 13.4. The summed E-state index contributed by atoms with van der Waals surface area (Å²) in [6, 6.07) is 7.10. The van der Waals surface area contributed by atoms with E-state index in [0.29, 0.717) is 11.6 Å². The van der Waals surface area contributed by atoms with Crippen LogP contribution in [0.1, 0.15) is 32.8 Å². The Balaban J connectivity index is 2.53. The molecule has 0 saturated carbocycles. The van der Waals surface area contributed by atoms with Crippen LogP contribution in [0.2, 0.25) is 5.02 Å². The Morgan fingerprint density at radius 1 is 1.24 bits per heavy atom. The molecule has 0 spiro atoms. The summed E-state index contributed by atoms with van der Waals surface area (Å²) in [6.07, 6.45) is 0.311. The lowest BCUT2D eigenvalue weighted by molar-refractivity contribution is -0.139. The van der Waals surface area contributed by atoms with Gasteiger partial charge < -0.3 is 10.4 Å². The standard InChI is InChI=1S/C16H22ClNO3/c1-16(2,3)12(9-15(20)21)10-18-14(19)8-11-4-6-13(17)7-5-11/h4-7,12H,8-10H2,1-3H3,(H,18,19)(H,20,21). The zero-order valence-electron chi connectivity index (χ0n) is 12.6. The van der Waals surface area contributed by atoms with Crippen molar-refractivity contribution in [1.29, 1.82) is 0 Å². The van der Waals surface area contributed by atoms with Gasteiger partial charge in [0.1, 0.15) is 0 Å². The van der Waals surface area contributed by atoms with Crippen LogP contribution < -0.4 is 5.32 Å². The van der Waals surface area contributed by atoms with Crippen molar-refractivity contribution in [2.45, 2.75) is 33.6 Å². The van der Waals surface area contributed by atoms with Crippen molar-refractivity contribution in [3.63, 3.8) is 0 Å². The van der Waals surface area contributed by atoms with Gasteiger partial charge >= 0.3 is 5.97 Å². The predicted molar refractivity (Wildman–Crippen MR) is 83.4 cm³/mol. The van der Waals surface area contributed by atoms with E-state index in [1.54, 1.807) is 24.3 Å². The summed E-state index contributed by atoms with van der Waals surface area (Å²) in [5.41, 5.74) is 0.703.